The smallest absolute Gasteiger partial charge is 0.296 e. The van der Waals surface area contributed by atoms with E-state index in [9.17, 15) is 43.5 Å². The Kier molecular flexibility index (Phi) is 7.10. The second-order valence-electron chi connectivity index (χ2n) is 6.76. The third-order valence-corrected chi connectivity index (χ3v) is 11.1. The maximum absolute atomic E-state index is 14.6. The topological polar surface area (TPSA) is 180 Å². The van der Waals surface area contributed by atoms with Gasteiger partial charge < -0.3 is 4.57 Å². The van der Waals surface area contributed by atoms with Gasteiger partial charge in [0.25, 0.3) is 30.4 Å². The van der Waals surface area contributed by atoms with E-state index in [1.807, 2.05) is 0 Å². The van der Waals surface area contributed by atoms with Crippen LogP contribution in [0.25, 0.3) is 0 Å². The van der Waals surface area contributed by atoms with Gasteiger partial charge in [-0.2, -0.15) is 25.3 Å². The highest BCUT2D eigenvalue weighted by molar-refractivity contribution is 7.87. The first-order chi connectivity index (χ1) is 15.5. The van der Waals surface area contributed by atoms with Crippen molar-refractivity contribution in [2.24, 2.45) is 0 Å². The van der Waals surface area contributed by atoms with E-state index in [1.54, 1.807) is 0 Å². The number of hydrogen-bond donors (Lipinski definition) is 3. The maximum atomic E-state index is 14.6. The van der Waals surface area contributed by atoms with E-state index in [1.165, 1.54) is 6.07 Å². The average molecular weight is 587 g/mol. The highest BCUT2D eigenvalue weighted by Gasteiger charge is 2.34. The first-order valence-corrected chi connectivity index (χ1v) is 15.5. The third kappa shape index (κ3) is 5.23. The maximum Gasteiger partial charge on any atom is 0.296 e. The number of benzene rings is 3. The lowest BCUT2D eigenvalue weighted by Crippen LogP contribution is -2.27. The van der Waals surface area contributed by atoms with Crippen LogP contribution in [0.1, 0.15) is 0 Å². The zero-order valence-electron chi connectivity index (χ0n) is 16.4. The van der Waals surface area contributed by atoms with Gasteiger partial charge in [-0.05, 0) is 48.5 Å². The summed E-state index contributed by atoms with van der Waals surface area (Å²) in [7, 11) is -18.9. The van der Waals surface area contributed by atoms with Gasteiger partial charge in [-0.1, -0.05) is 35.3 Å². The molecule has 0 spiro atoms. The van der Waals surface area contributed by atoms with Crippen LogP contribution in [0, 0.1) is 0 Å². The van der Waals surface area contributed by atoms with Crippen molar-refractivity contribution >= 4 is 76.6 Å². The molecule has 0 bridgehead atoms. The van der Waals surface area contributed by atoms with E-state index in [4.69, 9.17) is 23.2 Å². The summed E-state index contributed by atoms with van der Waals surface area (Å²) in [5, 5.41) is -1.71. The van der Waals surface area contributed by atoms with Gasteiger partial charge >= 0.3 is 0 Å². The Bertz CT molecular complexity index is 1600. The van der Waals surface area contributed by atoms with Gasteiger partial charge in [-0.25, -0.2) is 0 Å². The molecule has 0 radical (unpaired) electrons. The van der Waals surface area contributed by atoms with Crippen LogP contribution in [0.5, 0.6) is 0 Å². The van der Waals surface area contributed by atoms with Crippen molar-refractivity contribution in [1.82, 2.24) is 0 Å². The van der Waals surface area contributed by atoms with Crippen LogP contribution in [0.15, 0.2) is 75.4 Å². The predicted octanol–water partition coefficient (Wildman–Crippen LogP) is 2.37. The van der Waals surface area contributed by atoms with Crippen molar-refractivity contribution in [3.63, 3.8) is 0 Å². The van der Waals surface area contributed by atoms with E-state index >= 15 is 0 Å². The van der Waals surface area contributed by atoms with Crippen molar-refractivity contribution < 1.29 is 43.5 Å². The molecule has 0 aromatic heterocycles. The Morgan fingerprint density at radius 3 is 1.38 bits per heavy atom. The Morgan fingerprint density at radius 2 is 1.00 bits per heavy atom. The van der Waals surface area contributed by atoms with Crippen LogP contribution in [0.2, 0.25) is 10.0 Å². The lowest BCUT2D eigenvalue weighted by Gasteiger charge is -2.22. The molecule has 0 saturated heterocycles. The van der Waals surface area contributed by atoms with Crippen LogP contribution >= 0.6 is 30.3 Å². The third-order valence-electron chi connectivity index (χ3n) is 4.59. The lowest BCUT2D eigenvalue weighted by molar-refractivity contribution is 0.481. The minimum Gasteiger partial charge on any atom is -0.309 e. The van der Waals surface area contributed by atoms with E-state index in [2.05, 4.69) is 0 Å². The summed E-state index contributed by atoms with van der Waals surface area (Å²) < 4.78 is 113. The normalized spacial score (nSPS) is 13.1. The Balaban J connectivity index is 2.48. The highest BCUT2D eigenvalue weighted by atomic mass is 35.5. The molecule has 0 aliphatic carbocycles. The molecular formula is C18H13Cl2O10PS3. The Labute approximate surface area is 204 Å². The molecule has 0 amide bonds. The van der Waals surface area contributed by atoms with Crippen LogP contribution in [0.3, 0.4) is 0 Å². The van der Waals surface area contributed by atoms with E-state index in [0.717, 1.165) is 54.6 Å². The first-order valence-electron chi connectivity index (χ1n) is 8.69. The lowest BCUT2D eigenvalue weighted by atomic mass is 10.3. The standard InChI is InChI=1S/C18H13Cl2O10PS3/c19-15-6-4-12(9-17(15)33(25,26)27)31(21,11-2-1-3-14(8-11)32(22,23)24)13-5-7-16(20)18(10-13)34(28,29)30/h1-10H,(H,22,23,24)(H,25,26,27)(H,28,29,30). The number of rotatable bonds is 6. The molecule has 0 unspecified atom stereocenters. The van der Waals surface area contributed by atoms with Crippen LogP contribution in [-0.2, 0) is 34.9 Å². The second kappa shape index (κ2) is 9.01. The molecule has 10 nitrogen and oxygen atoms in total. The molecule has 3 aromatic rings. The predicted molar refractivity (Wildman–Crippen MR) is 125 cm³/mol. The summed E-state index contributed by atoms with van der Waals surface area (Å²) in [5.74, 6) is 0. The summed E-state index contributed by atoms with van der Waals surface area (Å²) in [6, 6.07) is 10.0. The SMILES string of the molecule is O=P(c1cccc(S(=O)(=O)O)c1)(c1ccc(Cl)c(S(=O)(=O)O)c1)c1ccc(Cl)c(S(=O)(=O)O)c1. The highest BCUT2D eigenvalue weighted by Crippen LogP contribution is 2.44. The summed E-state index contributed by atoms with van der Waals surface area (Å²) in [5.41, 5.74) is 0. The summed E-state index contributed by atoms with van der Waals surface area (Å²) in [4.78, 5) is -2.29. The van der Waals surface area contributed by atoms with Crippen molar-refractivity contribution in [2.45, 2.75) is 14.7 Å². The molecule has 3 N–H and O–H groups in total. The minimum atomic E-state index is -4.90. The summed E-state index contributed by atoms with van der Waals surface area (Å²) in [6.07, 6.45) is 0. The van der Waals surface area contributed by atoms with E-state index in [-0.39, 0.29) is 15.9 Å². The summed E-state index contributed by atoms with van der Waals surface area (Å²) in [6.45, 7) is 0. The molecule has 16 heteroatoms. The Hall–Kier alpha value is -1.80. The Morgan fingerprint density at radius 1 is 0.588 bits per heavy atom. The molecule has 3 aromatic carbocycles. The molecule has 3 rings (SSSR count). The van der Waals surface area contributed by atoms with Gasteiger partial charge in [0.2, 0.25) is 0 Å². The largest absolute Gasteiger partial charge is 0.309 e. The first kappa shape index (κ1) is 26.8. The zero-order valence-corrected chi connectivity index (χ0v) is 21.3. The number of hydrogen-bond acceptors (Lipinski definition) is 7. The monoisotopic (exact) mass is 586 g/mol. The molecule has 34 heavy (non-hydrogen) atoms. The van der Waals surface area contributed by atoms with Gasteiger partial charge in [-0.15, -0.1) is 0 Å². The molecule has 0 atom stereocenters. The van der Waals surface area contributed by atoms with Gasteiger partial charge in [0, 0.05) is 15.9 Å². The van der Waals surface area contributed by atoms with Gasteiger partial charge in [0.05, 0.1) is 14.9 Å². The molecule has 0 fully saturated rings. The molecule has 182 valence electrons. The van der Waals surface area contributed by atoms with Crippen molar-refractivity contribution in [3.8, 4) is 0 Å². The van der Waals surface area contributed by atoms with E-state index < -0.39 is 62.2 Å². The summed E-state index contributed by atoms with van der Waals surface area (Å²) >= 11 is 11.7. The van der Waals surface area contributed by atoms with Crippen LogP contribution in [-0.4, -0.2) is 38.9 Å². The molecule has 0 aliphatic heterocycles. The minimum absolute atomic E-state index is 0.269. The second-order valence-corrected chi connectivity index (χ2v) is 14.5. The average Bonchev–Trinajstić information content (AvgIpc) is 2.71. The van der Waals surface area contributed by atoms with Crippen molar-refractivity contribution in [1.29, 1.82) is 0 Å². The van der Waals surface area contributed by atoms with E-state index in [0.29, 0.717) is 0 Å². The fraction of sp³-hybridized carbons (Fsp3) is 0. The van der Waals surface area contributed by atoms with Crippen molar-refractivity contribution in [3.05, 3.63) is 70.7 Å². The number of halogens is 2. The molecule has 0 heterocycles. The quantitative estimate of drug-likeness (QED) is 0.286. The molecule has 0 saturated carbocycles. The fourth-order valence-electron chi connectivity index (χ4n) is 3.06. The van der Waals surface area contributed by atoms with Gasteiger partial charge in [0.1, 0.15) is 9.79 Å². The zero-order chi connectivity index (χ0) is 25.7. The molecular weight excluding hydrogens is 574 g/mol. The molecule has 0 aliphatic rings. The van der Waals surface area contributed by atoms with Gasteiger partial charge in [0.15, 0.2) is 7.14 Å². The van der Waals surface area contributed by atoms with Crippen LogP contribution < -0.4 is 15.9 Å². The van der Waals surface area contributed by atoms with Crippen LogP contribution in [0.4, 0.5) is 0 Å². The van der Waals surface area contributed by atoms with Gasteiger partial charge in [-0.3, -0.25) is 13.7 Å². The fourth-order valence-corrected chi connectivity index (χ4v) is 8.55. The van der Waals surface area contributed by atoms with Crippen molar-refractivity contribution in [2.75, 3.05) is 0 Å².